The lowest BCUT2D eigenvalue weighted by Gasteiger charge is -2.27. The largest absolute Gasteiger partial charge is 0.492 e. The third-order valence-electron chi connectivity index (χ3n) is 6.31. The molecular weight excluding hydrogens is 400 g/mol. The van der Waals surface area contributed by atoms with Crippen LogP contribution in [0.15, 0.2) is 42.5 Å². The molecule has 0 aliphatic carbocycles. The van der Waals surface area contributed by atoms with Crippen LogP contribution in [0.4, 0.5) is 5.82 Å². The van der Waals surface area contributed by atoms with Crippen molar-refractivity contribution in [2.24, 2.45) is 5.73 Å². The number of benzene rings is 1. The van der Waals surface area contributed by atoms with Crippen LogP contribution in [0.3, 0.4) is 0 Å². The number of unbranched alkanes of at least 4 members (excludes halogenated alkanes) is 1. The van der Waals surface area contributed by atoms with E-state index < -0.39 is 5.54 Å². The van der Waals surface area contributed by atoms with E-state index in [9.17, 15) is 4.79 Å². The first-order valence-electron chi connectivity index (χ1n) is 12.0. The Balaban J connectivity index is 1.46. The highest BCUT2D eigenvalue weighted by molar-refractivity contribution is 5.63. The van der Waals surface area contributed by atoms with Crippen LogP contribution in [0.1, 0.15) is 50.3 Å². The van der Waals surface area contributed by atoms with Gasteiger partial charge in [0.1, 0.15) is 24.5 Å². The summed E-state index contributed by atoms with van der Waals surface area (Å²) >= 11 is 0. The van der Waals surface area contributed by atoms with Gasteiger partial charge in [0, 0.05) is 25.3 Å². The van der Waals surface area contributed by atoms with Crippen LogP contribution in [-0.2, 0) is 17.6 Å². The Morgan fingerprint density at radius 2 is 2.00 bits per heavy atom. The van der Waals surface area contributed by atoms with Gasteiger partial charge in [-0.05, 0) is 75.3 Å². The van der Waals surface area contributed by atoms with Crippen molar-refractivity contribution in [3.8, 4) is 5.75 Å². The highest BCUT2D eigenvalue weighted by Crippen LogP contribution is 2.20. The average Bonchev–Trinajstić information content (AvgIpc) is 2.85. The fourth-order valence-corrected chi connectivity index (χ4v) is 3.98. The number of ether oxygens (including phenoxy) is 1. The first-order valence-corrected chi connectivity index (χ1v) is 12.0. The third-order valence-corrected chi connectivity index (χ3v) is 6.31. The summed E-state index contributed by atoms with van der Waals surface area (Å²) in [6.07, 6.45) is 7.66. The molecule has 0 amide bonds. The van der Waals surface area contributed by atoms with Gasteiger partial charge in [-0.3, -0.25) is 4.90 Å². The average molecular weight is 439 g/mol. The van der Waals surface area contributed by atoms with Crippen molar-refractivity contribution in [1.29, 1.82) is 0 Å². The number of para-hydroxylation sites is 1. The summed E-state index contributed by atoms with van der Waals surface area (Å²) in [5.41, 5.74) is 7.97. The van der Waals surface area contributed by atoms with E-state index in [0.717, 1.165) is 75.4 Å². The Morgan fingerprint density at radius 1 is 1.16 bits per heavy atom. The molecule has 0 spiro atoms. The number of nitrogens with two attached hydrogens (primary N) is 1. The molecule has 3 rings (SSSR count). The molecule has 6 nitrogen and oxygen atoms in total. The van der Waals surface area contributed by atoms with E-state index in [4.69, 9.17) is 15.5 Å². The fraction of sp³-hybridized carbons (Fsp3) is 0.538. The quantitative estimate of drug-likeness (QED) is 0.345. The van der Waals surface area contributed by atoms with Crippen LogP contribution in [0.5, 0.6) is 5.75 Å². The van der Waals surface area contributed by atoms with Gasteiger partial charge in [0.05, 0.1) is 5.54 Å². The smallest absolute Gasteiger partial charge is 0.139 e. The Bertz CT molecular complexity index is 830. The molecule has 3 N–H and O–H groups in total. The van der Waals surface area contributed by atoms with Crippen LogP contribution >= 0.6 is 0 Å². The predicted molar refractivity (Wildman–Crippen MR) is 130 cm³/mol. The lowest BCUT2D eigenvalue weighted by Crippen LogP contribution is -2.44. The second kappa shape index (κ2) is 12.6. The highest BCUT2D eigenvalue weighted by atomic mass is 16.5. The molecule has 0 saturated heterocycles. The number of aromatic nitrogens is 1. The first-order chi connectivity index (χ1) is 15.6. The van der Waals surface area contributed by atoms with E-state index in [1.54, 1.807) is 0 Å². The van der Waals surface area contributed by atoms with Gasteiger partial charge in [0.2, 0.25) is 0 Å². The van der Waals surface area contributed by atoms with Crippen molar-refractivity contribution < 1.29 is 9.53 Å². The summed E-state index contributed by atoms with van der Waals surface area (Å²) in [6, 6.07) is 14.3. The van der Waals surface area contributed by atoms with Crippen molar-refractivity contribution >= 4 is 12.1 Å². The molecule has 2 aromatic rings. The molecule has 0 fully saturated rings. The van der Waals surface area contributed by atoms with Gasteiger partial charge in [0.15, 0.2) is 0 Å². The minimum atomic E-state index is -0.738. The van der Waals surface area contributed by atoms with E-state index in [2.05, 4.69) is 22.3 Å². The molecule has 6 heteroatoms. The van der Waals surface area contributed by atoms with Crippen LogP contribution < -0.4 is 15.8 Å². The number of rotatable bonds is 14. The minimum Gasteiger partial charge on any atom is -0.492 e. The Morgan fingerprint density at radius 3 is 2.78 bits per heavy atom. The minimum absolute atomic E-state index is 0.618. The number of aldehydes is 1. The summed E-state index contributed by atoms with van der Waals surface area (Å²) in [6.45, 7) is 6.17. The SMILES string of the molecule is CC[C@](N)(C=O)CCN(CCCCc1ccc2c(n1)NCCC2)CCOc1ccccc1. The van der Waals surface area contributed by atoms with E-state index in [0.29, 0.717) is 19.4 Å². The predicted octanol–water partition coefficient (Wildman–Crippen LogP) is 3.84. The molecular formula is C26H38N4O2. The van der Waals surface area contributed by atoms with Gasteiger partial charge >= 0.3 is 0 Å². The number of nitrogens with one attached hydrogen (secondary N) is 1. The van der Waals surface area contributed by atoms with E-state index in [1.807, 2.05) is 37.3 Å². The molecule has 32 heavy (non-hydrogen) atoms. The normalized spacial score (nSPS) is 15.0. The summed E-state index contributed by atoms with van der Waals surface area (Å²) in [7, 11) is 0. The first kappa shape index (κ1) is 24.2. The lowest BCUT2D eigenvalue weighted by atomic mass is 9.95. The molecule has 1 aromatic heterocycles. The van der Waals surface area contributed by atoms with Crippen molar-refractivity contribution in [3.63, 3.8) is 0 Å². The van der Waals surface area contributed by atoms with E-state index in [-0.39, 0.29) is 0 Å². The Kier molecular flexibility index (Phi) is 9.50. The van der Waals surface area contributed by atoms with Gasteiger partial charge in [-0.2, -0.15) is 0 Å². The number of carbonyl (C=O) groups excluding carboxylic acids is 1. The third kappa shape index (κ3) is 7.61. The summed E-state index contributed by atoms with van der Waals surface area (Å²) in [5.74, 6) is 1.95. The number of pyridine rings is 1. The number of hydrogen-bond donors (Lipinski definition) is 2. The zero-order chi connectivity index (χ0) is 22.7. The Hall–Kier alpha value is -2.44. The van der Waals surface area contributed by atoms with E-state index >= 15 is 0 Å². The number of fused-ring (bicyclic) bond motifs is 1. The maximum atomic E-state index is 11.4. The van der Waals surface area contributed by atoms with Gasteiger partial charge in [-0.1, -0.05) is 31.2 Å². The molecule has 1 aromatic carbocycles. The van der Waals surface area contributed by atoms with E-state index in [1.165, 1.54) is 12.0 Å². The van der Waals surface area contributed by atoms with Crippen LogP contribution in [0, 0.1) is 0 Å². The van der Waals surface area contributed by atoms with Gasteiger partial charge in [-0.25, -0.2) is 4.98 Å². The second-order valence-corrected chi connectivity index (χ2v) is 8.76. The molecule has 0 bridgehead atoms. The van der Waals surface area contributed by atoms with Crippen LogP contribution in [-0.4, -0.2) is 54.5 Å². The standard InChI is InChI=1S/C26H38N4O2/c1-2-26(27,21-31)15-18-30(19-20-32-24-11-4-3-5-12-24)17-7-6-10-23-14-13-22-9-8-16-28-25(22)29-23/h3-5,11-14,21H,2,6-10,15-20,27H2,1H3,(H,28,29)/t26-/m1/s1. The number of hydrogen-bond acceptors (Lipinski definition) is 6. The summed E-state index contributed by atoms with van der Waals surface area (Å²) < 4.78 is 5.89. The molecule has 0 unspecified atom stereocenters. The maximum absolute atomic E-state index is 11.4. The van der Waals surface area contributed by atoms with Gasteiger partial charge < -0.3 is 20.6 Å². The zero-order valence-corrected chi connectivity index (χ0v) is 19.4. The van der Waals surface area contributed by atoms with Gasteiger partial charge in [-0.15, -0.1) is 0 Å². The van der Waals surface area contributed by atoms with Crippen LogP contribution in [0.2, 0.25) is 0 Å². The monoisotopic (exact) mass is 438 g/mol. The number of anilines is 1. The number of nitrogens with zero attached hydrogens (tertiary/aromatic N) is 2. The van der Waals surface area contributed by atoms with Crippen molar-refractivity contribution in [1.82, 2.24) is 9.88 Å². The Labute approximate surface area is 192 Å². The molecule has 2 heterocycles. The fourth-order valence-electron chi connectivity index (χ4n) is 3.98. The number of carbonyl (C=O) groups is 1. The maximum Gasteiger partial charge on any atom is 0.139 e. The molecule has 0 radical (unpaired) electrons. The highest BCUT2D eigenvalue weighted by Gasteiger charge is 2.22. The van der Waals surface area contributed by atoms with Crippen molar-refractivity contribution in [2.45, 2.75) is 57.4 Å². The number of aryl methyl sites for hydroxylation is 2. The molecule has 174 valence electrons. The topological polar surface area (TPSA) is 80.5 Å². The van der Waals surface area contributed by atoms with Crippen molar-refractivity contribution in [2.75, 3.05) is 38.1 Å². The zero-order valence-electron chi connectivity index (χ0n) is 19.4. The molecule has 0 saturated carbocycles. The molecule has 1 atom stereocenters. The van der Waals surface area contributed by atoms with Crippen LogP contribution in [0.25, 0.3) is 0 Å². The molecule has 1 aliphatic rings. The van der Waals surface area contributed by atoms with Gasteiger partial charge in [0.25, 0.3) is 0 Å². The second-order valence-electron chi connectivity index (χ2n) is 8.76. The lowest BCUT2D eigenvalue weighted by molar-refractivity contribution is -0.112. The van der Waals surface area contributed by atoms with Crippen molar-refractivity contribution in [3.05, 3.63) is 53.7 Å². The summed E-state index contributed by atoms with van der Waals surface area (Å²) in [4.78, 5) is 18.6. The molecule has 1 aliphatic heterocycles. The summed E-state index contributed by atoms with van der Waals surface area (Å²) in [5, 5.41) is 3.42.